The van der Waals surface area contributed by atoms with Gasteiger partial charge >= 0.3 is 0 Å². The van der Waals surface area contributed by atoms with Gasteiger partial charge in [-0.2, -0.15) is 0 Å². The van der Waals surface area contributed by atoms with E-state index in [1.54, 1.807) is 0 Å². The van der Waals surface area contributed by atoms with Gasteiger partial charge in [0.05, 0.1) is 11.9 Å². The predicted octanol–water partition coefficient (Wildman–Crippen LogP) is 4.22. The highest BCUT2D eigenvalue weighted by Gasteiger charge is 2.31. The summed E-state index contributed by atoms with van der Waals surface area (Å²) in [5, 5.41) is 3.62. The molecular weight excluding hydrogens is 264 g/mol. The van der Waals surface area contributed by atoms with E-state index in [0.717, 1.165) is 10.2 Å². The lowest BCUT2D eigenvalue weighted by atomic mass is 9.73. The summed E-state index contributed by atoms with van der Waals surface area (Å²) < 4.78 is 1.03. The maximum absolute atomic E-state index is 4.19. The number of anilines is 1. The number of halogens is 1. The van der Waals surface area contributed by atoms with Gasteiger partial charge in [-0.05, 0) is 40.3 Å². The Labute approximate surface area is 106 Å². The third-order valence-electron chi connectivity index (χ3n) is 3.55. The smallest absolute Gasteiger partial charge is 0.0540 e. The molecule has 0 saturated heterocycles. The summed E-state index contributed by atoms with van der Waals surface area (Å²) in [5.74, 6) is 0. The highest BCUT2D eigenvalue weighted by atomic mass is 79.9. The van der Waals surface area contributed by atoms with Crippen molar-refractivity contribution in [2.75, 3.05) is 5.32 Å². The molecule has 0 spiro atoms. The second kappa shape index (κ2) is 4.74. The molecule has 1 unspecified atom stereocenters. The standard InChI is InChI=1S/C13H19BrN2/c1-13(2)6-4-3-5-12(13)16-11-7-10(14)8-15-9-11/h7-9,12,16H,3-6H2,1-2H3. The van der Waals surface area contributed by atoms with Crippen molar-refractivity contribution in [3.8, 4) is 0 Å². The van der Waals surface area contributed by atoms with Crippen molar-refractivity contribution < 1.29 is 0 Å². The van der Waals surface area contributed by atoms with Crippen molar-refractivity contribution >= 4 is 21.6 Å². The molecular formula is C13H19BrN2. The molecule has 1 aromatic heterocycles. The lowest BCUT2D eigenvalue weighted by Gasteiger charge is -2.39. The fourth-order valence-electron chi connectivity index (χ4n) is 2.45. The molecule has 1 aliphatic carbocycles. The molecule has 88 valence electrons. The molecule has 16 heavy (non-hydrogen) atoms. The molecule has 1 aromatic rings. The Morgan fingerprint density at radius 1 is 1.38 bits per heavy atom. The van der Waals surface area contributed by atoms with Gasteiger partial charge in [0.15, 0.2) is 0 Å². The van der Waals surface area contributed by atoms with Crippen molar-refractivity contribution in [1.82, 2.24) is 4.98 Å². The van der Waals surface area contributed by atoms with E-state index in [1.807, 2.05) is 12.4 Å². The number of rotatable bonds is 2. The SMILES string of the molecule is CC1(C)CCCCC1Nc1cncc(Br)c1. The van der Waals surface area contributed by atoms with E-state index in [0.29, 0.717) is 11.5 Å². The lowest BCUT2D eigenvalue weighted by molar-refractivity contribution is 0.217. The van der Waals surface area contributed by atoms with Crippen molar-refractivity contribution in [3.05, 3.63) is 22.9 Å². The van der Waals surface area contributed by atoms with Crippen LogP contribution in [-0.4, -0.2) is 11.0 Å². The zero-order chi connectivity index (χ0) is 11.6. The van der Waals surface area contributed by atoms with Gasteiger partial charge in [-0.3, -0.25) is 4.98 Å². The van der Waals surface area contributed by atoms with Gasteiger partial charge in [0, 0.05) is 16.7 Å². The molecule has 1 saturated carbocycles. The molecule has 1 atom stereocenters. The summed E-state index contributed by atoms with van der Waals surface area (Å²) in [6, 6.07) is 2.66. The largest absolute Gasteiger partial charge is 0.380 e. The molecule has 0 amide bonds. The number of nitrogens with zero attached hydrogens (tertiary/aromatic N) is 1. The minimum absolute atomic E-state index is 0.389. The number of pyridine rings is 1. The van der Waals surface area contributed by atoms with Crippen LogP contribution < -0.4 is 5.32 Å². The zero-order valence-electron chi connectivity index (χ0n) is 9.96. The van der Waals surface area contributed by atoms with Gasteiger partial charge in [0.25, 0.3) is 0 Å². The van der Waals surface area contributed by atoms with Crippen LogP contribution in [0.5, 0.6) is 0 Å². The average Bonchev–Trinajstić information content (AvgIpc) is 2.21. The van der Waals surface area contributed by atoms with Crippen molar-refractivity contribution in [2.45, 2.75) is 45.6 Å². The van der Waals surface area contributed by atoms with Crippen molar-refractivity contribution in [3.63, 3.8) is 0 Å². The Bertz CT molecular complexity index is 363. The first kappa shape index (κ1) is 11.9. The molecule has 0 aliphatic heterocycles. The maximum Gasteiger partial charge on any atom is 0.0540 e. The first-order chi connectivity index (χ1) is 7.58. The highest BCUT2D eigenvalue weighted by Crippen LogP contribution is 2.37. The third kappa shape index (κ3) is 2.76. The van der Waals surface area contributed by atoms with Gasteiger partial charge in [0.1, 0.15) is 0 Å². The van der Waals surface area contributed by atoms with Crippen LogP contribution in [0.2, 0.25) is 0 Å². The van der Waals surface area contributed by atoms with Gasteiger partial charge in [-0.15, -0.1) is 0 Å². The predicted molar refractivity (Wildman–Crippen MR) is 71.6 cm³/mol. The minimum atomic E-state index is 0.389. The minimum Gasteiger partial charge on any atom is -0.380 e. The topological polar surface area (TPSA) is 24.9 Å². The quantitative estimate of drug-likeness (QED) is 0.878. The molecule has 0 aromatic carbocycles. The van der Waals surface area contributed by atoms with Gasteiger partial charge < -0.3 is 5.32 Å². The molecule has 1 heterocycles. The summed E-state index contributed by atoms with van der Waals surface area (Å²) >= 11 is 3.45. The molecule has 2 rings (SSSR count). The van der Waals surface area contributed by atoms with Crippen LogP contribution in [0.3, 0.4) is 0 Å². The van der Waals surface area contributed by atoms with E-state index < -0.39 is 0 Å². The van der Waals surface area contributed by atoms with Crippen LogP contribution in [0.15, 0.2) is 22.9 Å². The monoisotopic (exact) mass is 282 g/mol. The Morgan fingerprint density at radius 3 is 2.88 bits per heavy atom. The van der Waals surface area contributed by atoms with Crippen LogP contribution in [0.1, 0.15) is 39.5 Å². The third-order valence-corrected chi connectivity index (χ3v) is 3.99. The summed E-state index contributed by atoms with van der Waals surface area (Å²) in [7, 11) is 0. The number of hydrogen-bond acceptors (Lipinski definition) is 2. The van der Waals surface area contributed by atoms with Gasteiger partial charge in [0.2, 0.25) is 0 Å². The second-order valence-corrected chi connectivity index (χ2v) is 6.24. The Kier molecular flexibility index (Phi) is 3.53. The van der Waals surface area contributed by atoms with Crippen molar-refractivity contribution in [2.24, 2.45) is 5.41 Å². The van der Waals surface area contributed by atoms with E-state index in [1.165, 1.54) is 25.7 Å². The van der Waals surface area contributed by atoms with Crippen LogP contribution in [0.4, 0.5) is 5.69 Å². The van der Waals surface area contributed by atoms with Crippen LogP contribution in [0, 0.1) is 5.41 Å². The number of hydrogen-bond donors (Lipinski definition) is 1. The first-order valence-corrected chi connectivity index (χ1v) is 6.74. The van der Waals surface area contributed by atoms with Crippen molar-refractivity contribution in [1.29, 1.82) is 0 Å². The second-order valence-electron chi connectivity index (χ2n) is 5.32. The van der Waals surface area contributed by atoms with E-state index in [4.69, 9.17) is 0 Å². The number of nitrogens with one attached hydrogen (secondary N) is 1. The van der Waals surface area contributed by atoms with E-state index >= 15 is 0 Å². The van der Waals surface area contributed by atoms with E-state index in [-0.39, 0.29) is 0 Å². The summed E-state index contributed by atoms with van der Waals surface area (Å²) in [6.07, 6.45) is 8.99. The fourth-order valence-corrected chi connectivity index (χ4v) is 2.82. The lowest BCUT2D eigenvalue weighted by Crippen LogP contribution is -2.38. The Balaban J connectivity index is 2.08. The van der Waals surface area contributed by atoms with Gasteiger partial charge in [-0.25, -0.2) is 0 Å². The van der Waals surface area contributed by atoms with Gasteiger partial charge in [-0.1, -0.05) is 26.7 Å². The van der Waals surface area contributed by atoms with Crippen LogP contribution >= 0.6 is 15.9 Å². The van der Waals surface area contributed by atoms with Crippen LogP contribution in [-0.2, 0) is 0 Å². The zero-order valence-corrected chi connectivity index (χ0v) is 11.5. The molecule has 0 bridgehead atoms. The highest BCUT2D eigenvalue weighted by molar-refractivity contribution is 9.10. The molecule has 1 aliphatic rings. The average molecular weight is 283 g/mol. The van der Waals surface area contributed by atoms with Crippen LogP contribution in [0.25, 0.3) is 0 Å². The normalized spacial score (nSPS) is 24.1. The Hall–Kier alpha value is -0.570. The van der Waals surface area contributed by atoms with E-state index in [9.17, 15) is 0 Å². The molecule has 3 heteroatoms. The number of aromatic nitrogens is 1. The summed E-state index contributed by atoms with van der Waals surface area (Å²) in [4.78, 5) is 4.19. The fraction of sp³-hybridized carbons (Fsp3) is 0.615. The Morgan fingerprint density at radius 2 is 2.19 bits per heavy atom. The molecule has 1 N–H and O–H groups in total. The summed E-state index contributed by atoms with van der Waals surface area (Å²) in [6.45, 7) is 4.71. The first-order valence-electron chi connectivity index (χ1n) is 5.95. The maximum atomic E-state index is 4.19. The van der Waals surface area contributed by atoms with E-state index in [2.05, 4.69) is 46.1 Å². The molecule has 2 nitrogen and oxygen atoms in total. The summed E-state index contributed by atoms with van der Waals surface area (Å²) in [5.41, 5.74) is 1.51. The molecule has 1 fully saturated rings. The molecule has 0 radical (unpaired) electrons.